The predicted octanol–water partition coefficient (Wildman–Crippen LogP) is -0.0464. The fourth-order valence-corrected chi connectivity index (χ4v) is 1.44. The van der Waals surface area contributed by atoms with Crippen molar-refractivity contribution in [2.75, 3.05) is 19.8 Å². The molecule has 0 bridgehead atoms. The van der Waals surface area contributed by atoms with Gasteiger partial charge in [-0.05, 0) is 0 Å². The molecule has 0 aliphatic carbocycles. The highest BCUT2D eigenvalue weighted by atomic mass is 19.3. The third-order valence-electron chi connectivity index (χ3n) is 2.11. The smallest absolute Gasteiger partial charge is 0.315 e. The van der Waals surface area contributed by atoms with Gasteiger partial charge in [-0.2, -0.15) is 8.78 Å². The van der Waals surface area contributed by atoms with E-state index in [2.05, 4.69) is 0 Å². The highest BCUT2D eigenvalue weighted by Crippen LogP contribution is 2.13. The molecule has 1 saturated heterocycles. The van der Waals surface area contributed by atoms with E-state index in [1.54, 1.807) is 0 Å². The van der Waals surface area contributed by atoms with Crippen molar-refractivity contribution in [2.45, 2.75) is 18.9 Å². The Bertz CT molecular complexity index is 259. The highest BCUT2D eigenvalue weighted by Gasteiger charge is 2.33. The van der Waals surface area contributed by atoms with E-state index in [1.807, 2.05) is 0 Å². The Balaban J connectivity index is 2.65. The van der Waals surface area contributed by atoms with Gasteiger partial charge in [-0.15, -0.1) is 0 Å². The fraction of sp³-hybridized carbons (Fsp3) is 0.750. The maximum absolute atomic E-state index is 12.1. The first kappa shape index (κ1) is 11.8. The number of carbonyl (C=O) groups excluding carboxylic acids is 1. The summed E-state index contributed by atoms with van der Waals surface area (Å²) in [6, 6.07) is -0.794. The van der Waals surface area contributed by atoms with E-state index < -0.39 is 24.3 Å². The Morgan fingerprint density at radius 1 is 1.53 bits per heavy atom. The molecule has 1 unspecified atom stereocenters. The molecule has 0 saturated carbocycles. The van der Waals surface area contributed by atoms with Crippen molar-refractivity contribution in [1.29, 1.82) is 0 Å². The summed E-state index contributed by atoms with van der Waals surface area (Å²) < 4.78 is 29.2. The molecule has 86 valence electrons. The molecule has 0 aromatic rings. The number of ether oxygens (including phenoxy) is 1. The van der Waals surface area contributed by atoms with Gasteiger partial charge in [-0.1, -0.05) is 0 Å². The van der Waals surface area contributed by atoms with Crippen molar-refractivity contribution >= 4 is 11.9 Å². The second-order valence-electron chi connectivity index (χ2n) is 3.16. The first-order valence-corrected chi connectivity index (χ1v) is 4.40. The molecule has 1 amide bonds. The Hall–Kier alpha value is -1.24. The molecule has 0 radical (unpaired) electrons. The number of hydrogen-bond donors (Lipinski definition) is 1. The quantitative estimate of drug-likeness (QED) is 0.728. The van der Waals surface area contributed by atoms with Crippen LogP contribution in [0.2, 0.25) is 0 Å². The van der Waals surface area contributed by atoms with Gasteiger partial charge in [-0.25, -0.2) is 0 Å². The lowest BCUT2D eigenvalue weighted by molar-refractivity contribution is -0.154. The van der Waals surface area contributed by atoms with E-state index in [4.69, 9.17) is 9.84 Å². The van der Waals surface area contributed by atoms with Gasteiger partial charge in [0.15, 0.2) is 0 Å². The Kier molecular flexibility index (Phi) is 3.96. The Labute approximate surface area is 84.6 Å². The normalized spacial score (nSPS) is 21.8. The van der Waals surface area contributed by atoms with Crippen molar-refractivity contribution in [1.82, 2.24) is 4.90 Å². The number of amides is 1. The van der Waals surface area contributed by atoms with E-state index in [0.717, 1.165) is 4.90 Å². The van der Waals surface area contributed by atoms with Gasteiger partial charge in [0.25, 0.3) is 5.91 Å². The molecule has 1 N–H and O–H groups in total. The minimum absolute atomic E-state index is 0.00917. The van der Waals surface area contributed by atoms with Crippen LogP contribution in [0.5, 0.6) is 0 Å². The molecule has 1 atom stereocenters. The lowest BCUT2D eigenvalue weighted by atomic mass is 10.1. The van der Waals surface area contributed by atoms with Gasteiger partial charge < -0.3 is 14.7 Å². The van der Waals surface area contributed by atoms with Crippen LogP contribution in [0.3, 0.4) is 0 Å². The van der Waals surface area contributed by atoms with E-state index in [0.29, 0.717) is 0 Å². The number of morpholine rings is 1. The van der Waals surface area contributed by atoms with Crippen LogP contribution in [-0.2, 0) is 14.3 Å². The Morgan fingerprint density at radius 3 is 2.73 bits per heavy atom. The zero-order chi connectivity index (χ0) is 11.4. The average Bonchev–Trinajstić information content (AvgIpc) is 2.16. The fourth-order valence-electron chi connectivity index (χ4n) is 1.44. The van der Waals surface area contributed by atoms with Crippen LogP contribution in [0.25, 0.3) is 0 Å². The second-order valence-corrected chi connectivity index (χ2v) is 3.16. The number of aliphatic carboxylic acids is 1. The van der Waals surface area contributed by atoms with Crippen LogP contribution in [-0.4, -0.2) is 54.1 Å². The number of hydrogen-bond acceptors (Lipinski definition) is 3. The molecule has 1 aliphatic rings. The van der Waals surface area contributed by atoms with Crippen LogP contribution in [0.15, 0.2) is 0 Å². The van der Waals surface area contributed by atoms with Gasteiger partial charge in [-0.3, -0.25) is 9.59 Å². The molecule has 1 rings (SSSR count). The SMILES string of the molecule is O=C(O)CC1COCCN1C(=O)C(F)F. The summed E-state index contributed by atoms with van der Waals surface area (Å²) in [5.41, 5.74) is 0. The first-order valence-electron chi connectivity index (χ1n) is 4.40. The zero-order valence-corrected chi connectivity index (χ0v) is 7.86. The van der Waals surface area contributed by atoms with Crippen molar-refractivity contribution < 1.29 is 28.2 Å². The van der Waals surface area contributed by atoms with Crippen LogP contribution in [0, 0.1) is 0 Å². The van der Waals surface area contributed by atoms with Crippen LogP contribution in [0.4, 0.5) is 8.78 Å². The van der Waals surface area contributed by atoms with Crippen LogP contribution in [0.1, 0.15) is 6.42 Å². The summed E-state index contributed by atoms with van der Waals surface area (Å²) in [5.74, 6) is -2.47. The third-order valence-corrected chi connectivity index (χ3v) is 2.11. The first-order chi connectivity index (χ1) is 7.02. The molecule has 7 heteroatoms. The summed E-state index contributed by atoms with van der Waals surface area (Å²) in [4.78, 5) is 22.3. The molecular weight excluding hydrogens is 212 g/mol. The molecule has 0 spiro atoms. The summed E-state index contributed by atoms with van der Waals surface area (Å²) >= 11 is 0. The van der Waals surface area contributed by atoms with Gasteiger partial charge in [0, 0.05) is 6.54 Å². The lowest BCUT2D eigenvalue weighted by Crippen LogP contribution is -2.51. The topological polar surface area (TPSA) is 66.8 Å². The number of carboxylic acid groups (broad SMARTS) is 1. The molecule has 5 nitrogen and oxygen atoms in total. The van der Waals surface area contributed by atoms with Gasteiger partial charge in [0.05, 0.1) is 25.7 Å². The van der Waals surface area contributed by atoms with E-state index in [9.17, 15) is 18.4 Å². The summed E-state index contributed by atoms with van der Waals surface area (Å²) in [7, 11) is 0. The van der Waals surface area contributed by atoms with Gasteiger partial charge >= 0.3 is 12.4 Å². The molecule has 1 heterocycles. The summed E-state index contributed by atoms with van der Waals surface area (Å²) in [5, 5.41) is 8.52. The highest BCUT2D eigenvalue weighted by molar-refractivity contribution is 5.80. The number of halogens is 2. The number of alkyl halides is 2. The largest absolute Gasteiger partial charge is 0.481 e. The monoisotopic (exact) mass is 223 g/mol. The maximum Gasteiger partial charge on any atom is 0.315 e. The van der Waals surface area contributed by atoms with Crippen molar-refractivity contribution in [3.8, 4) is 0 Å². The second kappa shape index (κ2) is 5.01. The van der Waals surface area contributed by atoms with Crippen molar-refractivity contribution in [3.05, 3.63) is 0 Å². The molecule has 0 aromatic carbocycles. The number of carboxylic acids is 1. The summed E-state index contributed by atoms with van der Waals surface area (Å²) in [6.45, 7) is 0.167. The summed E-state index contributed by atoms with van der Waals surface area (Å²) in [6.07, 6.45) is -3.47. The minimum Gasteiger partial charge on any atom is -0.481 e. The average molecular weight is 223 g/mol. The molecule has 1 aliphatic heterocycles. The number of nitrogens with zero attached hydrogens (tertiary/aromatic N) is 1. The van der Waals surface area contributed by atoms with Gasteiger partial charge in [0.1, 0.15) is 0 Å². The number of carbonyl (C=O) groups is 2. The standard InChI is InChI=1S/C8H11F2NO4/c9-7(10)8(14)11-1-2-15-4-5(11)3-6(12)13/h5,7H,1-4H2,(H,12,13). The molecule has 1 fully saturated rings. The lowest BCUT2D eigenvalue weighted by Gasteiger charge is -2.34. The van der Waals surface area contributed by atoms with Gasteiger partial charge in [0.2, 0.25) is 0 Å². The van der Waals surface area contributed by atoms with E-state index in [-0.39, 0.29) is 26.2 Å². The molecule has 15 heavy (non-hydrogen) atoms. The predicted molar refractivity (Wildman–Crippen MR) is 44.6 cm³/mol. The molecular formula is C8H11F2NO4. The Morgan fingerprint density at radius 2 is 2.20 bits per heavy atom. The van der Waals surface area contributed by atoms with E-state index >= 15 is 0 Å². The zero-order valence-electron chi connectivity index (χ0n) is 7.86. The maximum atomic E-state index is 12.1. The van der Waals surface area contributed by atoms with Crippen LogP contribution >= 0.6 is 0 Å². The minimum atomic E-state index is -3.10. The van der Waals surface area contributed by atoms with E-state index in [1.165, 1.54) is 0 Å². The van der Waals surface area contributed by atoms with Crippen LogP contribution < -0.4 is 0 Å². The number of rotatable bonds is 3. The van der Waals surface area contributed by atoms with Crippen molar-refractivity contribution in [2.24, 2.45) is 0 Å². The van der Waals surface area contributed by atoms with Crippen molar-refractivity contribution in [3.63, 3.8) is 0 Å². The molecule has 0 aromatic heterocycles. The third kappa shape index (κ3) is 3.12.